The molecular formula is C12H21N5S. The Kier molecular flexibility index (Phi) is 5.43. The van der Waals surface area contributed by atoms with E-state index >= 15 is 0 Å². The molecule has 0 saturated carbocycles. The number of nitrogens with two attached hydrogens (primary N) is 1. The second kappa shape index (κ2) is 6.61. The van der Waals surface area contributed by atoms with Crippen LogP contribution in [0.4, 0.5) is 5.82 Å². The SMILES string of the molecule is CC(C)C(CN(C)C)Nc1nnccc1C(N)=S. The van der Waals surface area contributed by atoms with Crippen LogP contribution in [-0.2, 0) is 0 Å². The molecule has 5 nitrogen and oxygen atoms in total. The highest BCUT2D eigenvalue weighted by Gasteiger charge is 2.17. The van der Waals surface area contributed by atoms with Gasteiger partial charge in [-0.15, -0.1) is 5.10 Å². The van der Waals surface area contributed by atoms with E-state index in [0.717, 1.165) is 12.1 Å². The van der Waals surface area contributed by atoms with Gasteiger partial charge < -0.3 is 16.0 Å². The van der Waals surface area contributed by atoms with Crippen LogP contribution in [0.25, 0.3) is 0 Å². The molecule has 0 fully saturated rings. The zero-order valence-electron chi connectivity index (χ0n) is 11.3. The largest absolute Gasteiger partial charge is 0.389 e. The fourth-order valence-electron chi connectivity index (χ4n) is 1.63. The van der Waals surface area contributed by atoms with E-state index in [9.17, 15) is 0 Å². The molecule has 1 rings (SSSR count). The summed E-state index contributed by atoms with van der Waals surface area (Å²) >= 11 is 5.02. The molecule has 1 heterocycles. The number of aromatic nitrogens is 2. The lowest BCUT2D eigenvalue weighted by Gasteiger charge is -2.26. The van der Waals surface area contributed by atoms with E-state index in [-0.39, 0.29) is 6.04 Å². The Bertz CT molecular complexity index is 405. The first-order valence-corrected chi connectivity index (χ1v) is 6.35. The minimum atomic E-state index is 0.268. The Hall–Kier alpha value is -1.27. The van der Waals surface area contributed by atoms with Crippen molar-refractivity contribution in [3.63, 3.8) is 0 Å². The molecule has 0 aromatic carbocycles. The molecular weight excluding hydrogens is 246 g/mol. The summed E-state index contributed by atoms with van der Waals surface area (Å²) in [5.41, 5.74) is 6.42. The van der Waals surface area contributed by atoms with Gasteiger partial charge in [-0.05, 0) is 26.1 Å². The number of nitrogens with one attached hydrogen (secondary N) is 1. The van der Waals surface area contributed by atoms with Crippen molar-refractivity contribution in [2.45, 2.75) is 19.9 Å². The Balaban J connectivity index is 2.90. The second-order valence-electron chi connectivity index (χ2n) is 4.91. The van der Waals surface area contributed by atoms with Gasteiger partial charge in [0.1, 0.15) is 4.99 Å². The maximum absolute atomic E-state index is 5.68. The van der Waals surface area contributed by atoms with Crippen molar-refractivity contribution in [1.82, 2.24) is 15.1 Å². The molecule has 3 N–H and O–H groups in total. The summed E-state index contributed by atoms with van der Waals surface area (Å²) in [6.45, 7) is 5.24. The fraction of sp³-hybridized carbons (Fsp3) is 0.583. The van der Waals surface area contributed by atoms with E-state index in [1.54, 1.807) is 12.3 Å². The van der Waals surface area contributed by atoms with Gasteiger partial charge >= 0.3 is 0 Å². The van der Waals surface area contributed by atoms with E-state index in [0.29, 0.717) is 16.7 Å². The third-order valence-corrected chi connectivity index (χ3v) is 2.89. The molecule has 0 radical (unpaired) electrons. The van der Waals surface area contributed by atoms with Crippen LogP contribution in [0.5, 0.6) is 0 Å². The molecule has 0 aliphatic rings. The molecule has 0 saturated heterocycles. The quantitative estimate of drug-likeness (QED) is 0.753. The molecule has 18 heavy (non-hydrogen) atoms. The number of likely N-dealkylation sites (N-methyl/N-ethyl adjacent to an activating group) is 1. The summed E-state index contributed by atoms with van der Waals surface area (Å²) in [6, 6.07) is 2.05. The molecule has 1 unspecified atom stereocenters. The highest BCUT2D eigenvalue weighted by Crippen LogP contribution is 2.15. The number of rotatable bonds is 6. The minimum Gasteiger partial charge on any atom is -0.389 e. The van der Waals surface area contributed by atoms with Gasteiger partial charge in [-0.2, -0.15) is 5.10 Å². The smallest absolute Gasteiger partial charge is 0.159 e. The first-order chi connectivity index (χ1) is 8.41. The third kappa shape index (κ3) is 4.19. The summed E-state index contributed by atoms with van der Waals surface area (Å²) in [5, 5.41) is 11.3. The van der Waals surface area contributed by atoms with Crippen molar-refractivity contribution in [1.29, 1.82) is 0 Å². The summed E-state index contributed by atoms with van der Waals surface area (Å²) in [7, 11) is 4.09. The highest BCUT2D eigenvalue weighted by atomic mass is 32.1. The molecule has 0 aliphatic carbocycles. The number of hydrogen-bond acceptors (Lipinski definition) is 5. The Labute approximate surface area is 114 Å². The average molecular weight is 267 g/mol. The first kappa shape index (κ1) is 14.8. The third-order valence-electron chi connectivity index (χ3n) is 2.67. The molecule has 1 aromatic rings. The first-order valence-electron chi connectivity index (χ1n) is 5.94. The lowest BCUT2D eigenvalue weighted by atomic mass is 10.0. The van der Waals surface area contributed by atoms with Gasteiger partial charge in [0.25, 0.3) is 0 Å². The minimum absolute atomic E-state index is 0.268. The average Bonchev–Trinajstić information content (AvgIpc) is 2.27. The van der Waals surface area contributed by atoms with E-state index in [4.69, 9.17) is 18.0 Å². The van der Waals surface area contributed by atoms with Crippen molar-refractivity contribution in [2.75, 3.05) is 26.0 Å². The molecule has 1 aromatic heterocycles. The molecule has 1 atom stereocenters. The topological polar surface area (TPSA) is 67.1 Å². The van der Waals surface area contributed by atoms with Gasteiger partial charge in [0.05, 0.1) is 11.8 Å². The van der Waals surface area contributed by atoms with E-state index in [2.05, 4.69) is 34.3 Å². The highest BCUT2D eigenvalue weighted by molar-refractivity contribution is 7.80. The van der Waals surface area contributed by atoms with Crippen LogP contribution < -0.4 is 11.1 Å². The van der Waals surface area contributed by atoms with Gasteiger partial charge in [-0.1, -0.05) is 26.1 Å². The van der Waals surface area contributed by atoms with Gasteiger partial charge in [-0.3, -0.25) is 0 Å². The number of hydrogen-bond donors (Lipinski definition) is 2. The fourth-order valence-corrected chi connectivity index (χ4v) is 1.79. The normalized spacial score (nSPS) is 12.8. The zero-order chi connectivity index (χ0) is 13.7. The van der Waals surface area contributed by atoms with Gasteiger partial charge in [-0.25, -0.2) is 0 Å². The summed E-state index contributed by atoms with van der Waals surface area (Å²) < 4.78 is 0. The predicted octanol–water partition coefficient (Wildman–Crippen LogP) is 1.11. The summed E-state index contributed by atoms with van der Waals surface area (Å²) in [6.07, 6.45) is 1.59. The molecule has 0 spiro atoms. The Morgan fingerprint density at radius 2 is 2.17 bits per heavy atom. The summed E-state index contributed by atoms with van der Waals surface area (Å²) in [4.78, 5) is 2.47. The van der Waals surface area contributed by atoms with Crippen molar-refractivity contribution < 1.29 is 0 Å². The lowest BCUT2D eigenvalue weighted by molar-refractivity contribution is 0.344. The number of nitrogens with zero attached hydrogens (tertiary/aromatic N) is 3. The van der Waals surface area contributed by atoms with Crippen LogP contribution in [0.1, 0.15) is 19.4 Å². The summed E-state index contributed by atoms with van der Waals surface area (Å²) in [5.74, 6) is 1.12. The van der Waals surface area contributed by atoms with Crippen molar-refractivity contribution in [3.05, 3.63) is 17.8 Å². The van der Waals surface area contributed by atoms with Crippen LogP contribution in [0, 0.1) is 5.92 Å². The molecule has 0 bridgehead atoms. The Morgan fingerprint density at radius 1 is 1.50 bits per heavy atom. The maximum atomic E-state index is 5.68. The van der Waals surface area contributed by atoms with Crippen molar-refractivity contribution in [2.24, 2.45) is 11.7 Å². The second-order valence-corrected chi connectivity index (χ2v) is 5.35. The number of anilines is 1. The molecule has 0 aliphatic heterocycles. The van der Waals surface area contributed by atoms with E-state index < -0.39 is 0 Å². The van der Waals surface area contributed by atoms with Crippen LogP contribution >= 0.6 is 12.2 Å². The van der Waals surface area contributed by atoms with Gasteiger partial charge in [0.15, 0.2) is 5.82 Å². The Morgan fingerprint density at radius 3 is 2.67 bits per heavy atom. The predicted molar refractivity (Wildman–Crippen MR) is 78.7 cm³/mol. The van der Waals surface area contributed by atoms with Crippen molar-refractivity contribution in [3.8, 4) is 0 Å². The van der Waals surface area contributed by atoms with Crippen LogP contribution in [0.2, 0.25) is 0 Å². The van der Waals surface area contributed by atoms with Crippen LogP contribution in [0.15, 0.2) is 12.3 Å². The van der Waals surface area contributed by atoms with Crippen molar-refractivity contribution >= 4 is 23.0 Å². The zero-order valence-corrected chi connectivity index (χ0v) is 12.2. The standard InChI is InChI=1S/C12H21N5S/c1-8(2)10(7-17(3)4)15-12-9(11(13)18)5-6-14-16-12/h5-6,8,10H,7H2,1-4H3,(H2,13,18)(H,15,16). The van der Waals surface area contributed by atoms with Gasteiger partial charge in [0.2, 0.25) is 0 Å². The van der Waals surface area contributed by atoms with E-state index in [1.165, 1.54) is 0 Å². The monoisotopic (exact) mass is 267 g/mol. The molecule has 0 amide bonds. The molecule has 100 valence electrons. The van der Waals surface area contributed by atoms with Crippen LogP contribution in [-0.4, -0.2) is 46.8 Å². The van der Waals surface area contributed by atoms with Gasteiger partial charge in [0, 0.05) is 12.6 Å². The van der Waals surface area contributed by atoms with Crippen LogP contribution in [0.3, 0.4) is 0 Å². The van der Waals surface area contributed by atoms with E-state index in [1.807, 2.05) is 14.1 Å². The maximum Gasteiger partial charge on any atom is 0.159 e. The number of thiocarbonyl (C=S) groups is 1. The molecule has 6 heteroatoms. The lowest BCUT2D eigenvalue weighted by Crippen LogP contribution is -2.37.